The minimum atomic E-state index is -1.77. The molecule has 2 saturated carbocycles. The molecule has 0 amide bonds. The van der Waals surface area contributed by atoms with Crippen LogP contribution in [0.15, 0.2) is 46.6 Å². The maximum atomic E-state index is 13.3. The predicted molar refractivity (Wildman–Crippen MR) is 207 cm³/mol. The number of hydrogen-bond donors (Lipinski definition) is 0. The molecule has 0 N–H and O–H groups in total. The number of rotatable bonds is 17. The Hall–Kier alpha value is -1.02. The highest BCUT2D eigenvalue weighted by Gasteiger charge is 2.71. The standard InChI is InChI=1S/C41H74O3Si2/c1-32(2)18-16-20-35(30-44-46(14,15)39(8,9)10)21-17-19-33(3)22-23-36-24-25-37(42)41(31-40(36,41)11)28-26-34(4)27-29-43-45(12,13)38(5,6)7/h18,21-22,27,36H,16-17,19-20,23-26,28-31H2,1-15H3/b33-22+,34-27+,35-21-/t36-,40-,41+/m1/s1. The molecule has 0 heterocycles. The van der Waals surface area contributed by atoms with Gasteiger partial charge < -0.3 is 8.85 Å². The first-order valence-corrected chi connectivity index (χ1v) is 24.2. The lowest BCUT2D eigenvalue weighted by molar-refractivity contribution is -0.129. The number of allylic oxidation sites excluding steroid dienone is 6. The van der Waals surface area contributed by atoms with E-state index in [0.717, 1.165) is 70.8 Å². The molecule has 0 aliphatic heterocycles. The van der Waals surface area contributed by atoms with Crippen molar-refractivity contribution < 1.29 is 13.6 Å². The van der Waals surface area contributed by atoms with Gasteiger partial charge in [-0.3, -0.25) is 4.79 Å². The van der Waals surface area contributed by atoms with Crippen molar-refractivity contribution >= 4 is 22.4 Å². The van der Waals surface area contributed by atoms with Gasteiger partial charge in [0.1, 0.15) is 5.78 Å². The molecule has 3 nitrogen and oxygen atoms in total. The average Bonchev–Trinajstić information content (AvgIpc) is 3.56. The van der Waals surface area contributed by atoms with Gasteiger partial charge in [-0.1, -0.05) is 89.5 Å². The van der Waals surface area contributed by atoms with Gasteiger partial charge in [-0.25, -0.2) is 0 Å². The van der Waals surface area contributed by atoms with Crippen LogP contribution in [-0.2, 0) is 13.6 Å². The molecule has 0 bridgehead atoms. The van der Waals surface area contributed by atoms with Crippen LogP contribution in [0.5, 0.6) is 0 Å². The molecule has 0 aromatic rings. The van der Waals surface area contributed by atoms with Gasteiger partial charge in [0.2, 0.25) is 0 Å². The quantitative estimate of drug-likeness (QED) is 0.114. The van der Waals surface area contributed by atoms with Crippen LogP contribution in [0.3, 0.4) is 0 Å². The second-order valence-electron chi connectivity index (χ2n) is 18.5. The van der Waals surface area contributed by atoms with Crippen LogP contribution >= 0.6 is 0 Å². The van der Waals surface area contributed by atoms with Crippen molar-refractivity contribution in [3.8, 4) is 0 Å². The van der Waals surface area contributed by atoms with E-state index < -0.39 is 16.6 Å². The third-order valence-electron chi connectivity index (χ3n) is 12.6. The van der Waals surface area contributed by atoms with Gasteiger partial charge in [0.15, 0.2) is 16.6 Å². The Morgan fingerprint density at radius 1 is 0.804 bits per heavy atom. The molecule has 0 aromatic heterocycles. The normalized spacial score (nSPS) is 25.1. The summed E-state index contributed by atoms with van der Waals surface area (Å²) in [7, 11) is -3.51. The lowest BCUT2D eigenvalue weighted by atomic mass is 9.69. The molecule has 264 valence electrons. The topological polar surface area (TPSA) is 35.5 Å². The molecule has 2 aliphatic rings. The second-order valence-corrected chi connectivity index (χ2v) is 28.1. The van der Waals surface area contributed by atoms with Crippen LogP contribution in [0, 0.1) is 16.7 Å². The first kappa shape index (κ1) is 41.2. The predicted octanol–water partition coefficient (Wildman–Crippen LogP) is 12.9. The highest BCUT2D eigenvalue weighted by Crippen LogP contribution is 2.74. The third kappa shape index (κ3) is 11.0. The summed E-state index contributed by atoms with van der Waals surface area (Å²) in [5.41, 5.74) is 5.76. The smallest absolute Gasteiger partial charge is 0.192 e. The van der Waals surface area contributed by atoms with Crippen LogP contribution in [0.4, 0.5) is 0 Å². The van der Waals surface area contributed by atoms with Crippen LogP contribution in [0.1, 0.15) is 140 Å². The summed E-state index contributed by atoms with van der Waals surface area (Å²) >= 11 is 0. The van der Waals surface area contributed by atoms with Crippen LogP contribution < -0.4 is 0 Å². The third-order valence-corrected chi connectivity index (χ3v) is 21.6. The molecule has 5 heteroatoms. The van der Waals surface area contributed by atoms with Crippen molar-refractivity contribution in [1.82, 2.24) is 0 Å². The van der Waals surface area contributed by atoms with Gasteiger partial charge in [0.25, 0.3) is 0 Å². The van der Waals surface area contributed by atoms with E-state index in [-0.39, 0.29) is 20.9 Å². The zero-order chi connectivity index (χ0) is 35.2. The van der Waals surface area contributed by atoms with E-state index >= 15 is 0 Å². The van der Waals surface area contributed by atoms with E-state index in [9.17, 15) is 4.79 Å². The molecular weight excluding hydrogens is 597 g/mol. The summed E-state index contributed by atoms with van der Waals surface area (Å²) in [5.74, 6) is 1.14. The van der Waals surface area contributed by atoms with E-state index in [4.69, 9.17) is 8.85 Å². The maximum absolute atomic E-state index is 13.3. The zero-order valence-corrected chi connectivity index (χ0v) is 35.1. The lowest BCUT2D eigenvalue weighted by Crippen LogP contribution is -2.41. The summed E-state index contributed by atoms with van der Waals surface area (Å²) in [6.07, 6.45) is 19.9. The zero-order valence-electron chi connectivity index (χ0n) is 33.1. The molecule has 0 radical (unpaired) electrons. The summed E-state index contributed by atoms with van der Waals surface area (Å²) in [6.45, 7) is 35.9. The summed E-state index contributed by atoms with van der Waals surface area (Å²) < 4.78 is 13.0. The Labute approximate surface area is 288 Å². The Bertz CT molecular complexity index is 1150. The fourth-order valence-corrected chi connectivity index (χ4v) is 8.54. The highest BCUT2D eigenvalue weighted by atomic mass is 28.4. The van der Waals surface area contributed by atoms with Gasteiger partial charge in [-0.15, -0.1) is 0 Å². The van der Waals surface area contributed by atoms with E-state index in [2.05, 4.69) is 127 Å². The number of fused-ring (bicyclic) bond motifs is 1. The minimum Gasteiger partial charge on any atom is -0.413 e. The molecule has 2 aliphatic carbocycles. The fraction of sp³-hybridized carbons (Fsp3) is 0.780. The fourth-order valence-electron chi connectivity index (χ4n) is 6.63. The summed E-state index contributed by atoms with van der Waals surface area (Å²) in [6, 6.07) is 0. The van der Waals surface area contributed by atoms with Crippen LogP contribution in [0.2, 0.25) is 36.3 Å². The van der Waals surface area contributed by atoms with Gasteiger partial charge in [0.05, 0.1) is 13.2 Å². The van der Waals surface area contributed by atoms with Crippen molar-refractivity contribution in [2.24, 2.45) is 16.7 Å². The van der Waals surface area contributed by atoms with Gasteiger partial charge in [-0.05, 0) is 139 Å². The Kier molecular flexibility index (Phi) is 14.4. The Balaban J connectivity index is 1.97. The van der Waals surface area contributed by atoms with Crippen LogP contribution in [0.25, 0.3) is 0 Å². The second kappa shape index (κ2) is 16.1. The van der Waals surface area contributed by atoms with Gasteiger partial charge in [-0.2, -0.15) is 0 Å². The van der Waals surface area contributed by atoms with Crippen molar-refractivity contribution in [3.05, 3.63) is 46.6 Å². The van der Waals surface area contributed by atoms with Crippen LogP contribution in [-0.4, -0.2) is 35.6 Å². The van der Waals surface area contributed by atoms with Crippen molar-refractivity contribution in [2.75, 3.05) is 13.2 Å². The molecule has 0 saturated heterocycles. The van der Waals surface area contributed by atoms with Crippen molar-refractivity contribution in [2.45, 2.75) is 177 Å². The number of ketones is 1. The van der Waals surface area contributed by atoms with Crippen molar-refractivity contribution in [3.63, 3.8) is 0 Å². The summed E-state index contributed by atoms with van der Waals surface area (Å²) in [4.78, 5) is 13.3. The number of Topliss-reactive ketones (excluding diaryl/α,β-unsaturated/α-hetero) is 1. The molecule has 0 unspecified atom stereocenters. The number of carbonyl (C=O) groups excluding carboxylic acids is 1. The Morgan fingerprint density at radius 3 is 1.96 bits per heavy atom. The Morgan fingerprint density at radius 2 is 1.37 bits per heavy atom. The monoisotopic (exact) mass is 671 g/mol. The first-order valence-electron chi connectivity index (χ1n) is 18.4. The average molecular weight is 671 g/mol. The van der Waals surface area contributed by atoms with E-state index in [0.29, 0.717) is 18.3 Å². The van der Waals surface area contributed by atoms with E-state index in [1.54, 1.807) is 0 Å². The maximum Gasteiger partial charge on any atom is 0.192 e. The number of hydrogen-bond acceptors (Lipinski definition) is 3. The molecular formula is C41H74O3Si2. The molecule has 0 aromatic carbocycles. The minimum absolute atomic E-state index is 0.0971. The lowest BCUT2D eigenvalue weighted by Gasteiger charge is -2.36. The van der Waals surface area contributed by atoms with E-state index in [1.807, 2.05) is 0 Å². The SMILES string of the molecule is CC(C)=CCC/C(=C/CC/C(C)=C/C[C@@H]1CCC(=O)[C@]2(CC/C(C)=C/CO[Si](C)(C)C(C)(C)C)C[C@]12C)CO[Si](C)(C)C(C)(C)C. The molecule has 0 spiro atoms. The first-order chi connectivity index (χ1) is 21.0. The molecule has 3 atom stereocenters. The van der Waals surface area contributed by atoms with Gasteiger partial charge >= 0.3 is 0 Å². The molecule has 2 rings (SSSR count). The molecule has 2 fully saturated rings. The van der Waals surface area contributed by atoms with E-state index in [1.165, 1.54) is 22.3 Å². The van der Waals surface area contributed by atoms with Gasteiger partial charge in [0, 0.05) is 11.8 Å². The number of carbonyl (C=O) groups is 1. The largest absolute Gasteiger partial charge is 0.413 e. The molecule has 46 heavy (non-hydrogen) atoms. The summed E-state index contributed by atoms with van der Waals surface area (Å²) in [5, 5.41) is 0.455. The van der Waals surface area contributed by atoms with Crippen molar-refractivity contribution in [1.29, 1.82) is 0 Å². The highest BCUT2D eigenvalue weighted by molar-refractivity contribution is 6.74.